The van der Waals surface area contributed by atoms with Gasteiger partial charge >= 0.3 is 11.9 Å². The number of benzene rings is 1. The molecule has 3 aromatic rings. The summed E-state index contributed by atoms with van der Waals surface area (Å²) in [7, 11) is 0. The second-order valence-corrected chi connectivity index (χ2v) is 6.41. The van der Waals surface area contributed by atoms with Crippen molar-refractivity contribution in [2.24, 2.45) is 0 Å². The van der Waals surface area contributed by atoms with E-state index < -0.39 is 17.8 Å². The van der Waals surface area contributed by atoms with Crippen molar-refractivity contribution in [3.05, 3.63) is 58.2 Å². The van der Waals surface area contributed by atoms with Crippen LogP contribution >= 0.6 is 11.3 Å². The van der Waals surface area contributed by atoms with Crippen LogP contribution in [0.5, 0.6) is 0 Å². The van der Waals surface area contributed by atoms with E-state index in [2.05, 4.69) is 9.97 Å². The molecule has 0 aliphatic heterocycles. The first-order valence-electron chi connectivity index (χ1n) is 7.84. The van der Waals surface area contributed by atoms with Crippen molar-refractivity contribution in [1.82, 2.24) is 9.97 Å². The van der Waals surface area contributed by atoms with Gasteiger partial charge in [-0.1, -0.05) is 6.07 Å². The third kappa shape index (κ3) is 3.55. The van der Waals surface area contributed by atoms with Crippen LogP contribution in [-0.2, 0) is 16.1 Å². The number of hydrogen-bond donors (Lipinski definition) is 0. The average molecular weight is 374 g/mol. The Labute approximate surface area is 152 Å². The monoisotopic (exact) mass is 374 g/mol. The molecule has 0 aliphatic carbocycles. The molecule has 26 heavy (non-hydrogen) atoms. The molecule has 1 aromatic carbocycles. The molecule has 0 saturated carbocycles. The quantitative estimate of drug-likeness (QED) is 0.634. The Hall–Kier alpha value is -2.87. The maximum absolute atomic E-state index is 14.3. The predicted molar refractivity (Wildman–Crippen MR) is 93.6 cm³/mol. The zero-order chi connectivity index (χ0) is 18.7. The van der Waals surface area contributed by atoms with Crippen molar-refractivity contribution < 1.29 is 23.5 Å². The van der Waals surface area contributed by atoms with Crippen LogP contribution in [0.25, 0.3) is 10.1 Å². The Morgan fingerprint density at radius 3 is 2.65 bits per heavy atom. The van der Waals surface area contributed by atoms with Gasteiger partial charge in [-0.25, -0.2) is 19.0 Å². The van der Waals surface area contributed by atoms with Crippen LogP contribution in [0.1, 0.15) is 38.3 Å². The lowest BCUT2D eigenvalue weighted by molar-refractivity contribution is 0.0448. The van der Waals surface area contributed by atoms with E-state index in [4.69, 9.17) is 9.47 Å². The van der Waals surface area contributed by atoms with E-state index in [1.54, 1.807) is 26.0 Å². The second-order valence-electron chi connectivity index (χ2n) is 5.36. The minimum atomic E-state index is -0.706. The third-order valence-corrected chi connectivity index (χ3v) is 4.74. The van der Waals surface area contributed by atoms with Gasteiger partial charge in [-0.3, -0.25) is 4.98 Å². The number of carbonyl (C=O) groups excluding carboxylic acids is 2. The molecular weight excluding hydrogens is 359 g/mol. The van der Waals surface area contributed by atoms with E-state index in [0.29, 0.717) is 10.4 Å². The fourth-order valence-corrected chi connectivity index (χ4v) is 3.49. The standard InChI is InChI=1S/C18H15FN2O4S/c1-3-24-18(23)16-11(15-12(19)5-4-6-14(15)26-16)9-25-17(22)13-8-20-10(2)7-21-13/h4-8H,3,9H2,1-2H3. The summed E-state index contributed by atoms with van der Waals surface area (Å²) in [6.45, 7) is 3.34. The van der Waals surface area contributed by atoms with Gasteiger partial charge in [-0.2, -0.15) is 0 Å². The van der Waals surface area contributed by atoms with E-state index in [0.717, 1.165) is 11.3 Å². The summed E-state index contributed by atoms with van der Waals surface area (Å²) in [5.74, 6) is -1.77. The van der Waals surface area contributed by atoms with Crippen molar-refractivity contribution in [1.29, 1.82) is 0 Å². The molecular formula is C18H15FN2O4S. The van der Waals surface area contributed by atoms with Gasteiger partial charge in [-0.05, 0) is 26.0 Å². The summed E-state index contributed by atoms with van der Waals surface area (Å²) in [5.41, 5.74) is 0.986. The molecule has 0 atom stereocenters. The molecule has 134 valence electrons. The number of nitrogens with zero attached hydrogens (tertiary/aromatic N) is 2. The van der Waals surface area contributed by atoms with Gasteiger partial charge in [0, 0.05) is 21.8 Å². The van der Waals surface area contributed by atoms with Gasteiger partial charge < -0.3 is 9.47 Å². The van der Waals surface area contributed by atoms with Crippen LogP contribution in [0.3, 0.4) is 0 Å². The summed E-state index contributed by atoms with van der Waals surface area (Å²) in [4.78, 5) is 32.5. The first-order valence-corrected chi connectivity index (χ1v) is 8.65. The number of aryl methyl sites for hydroxylation is 1. The number of esters is 2. The van der Waals surface area contributed by atoms with E-state index in [1.807, 2.05) is 0 Å². The largest absolute Gasteiger partial charge is 0.462 e. The normalized spacial score (nSPS) is 10.7. The lowest BCUT2D eigenvalue weighted by Gasteiger charge is -2.07. The first-order chi connectivity index (χ1) is 12.5. The number of hydrogen-bond acceptors (Lipinski definition) is 7. The molecule has 0 amide bonds. The van der Waals surface area contributed by atoms with Crippen LogP contribution in [0.15, 0.2) is 30.6 Å². The summed E-state index contributed by atoms with van der Waals surface area (Å²) in [5, 5.41) is 0.253. The van der Waals surface area contributed by atoms with Gasteiger partial charge in [0.15, 0.2) is 5.69 Å². The van der Waals surface area contributed by atoms with Crippen LogP contribution in [0.4, 0.5) is 4.39 Å². The summed E-state index contributed by atoms with van der Waals surface area (Å²) < 4.78 is 25.1. The van der Waals surface area contributed by atoms with Crippen molar-refractivity contribution in [3.8, 4) is 0 Å². The number of fused-ring (bicyclic) bond motifs is 1. The average Bonchev–Trinajstić information content (AvgIpc) is 3.00. The van der Waals surface area contributed by atoms with Gasteiger partial charge in [-0.15, -0.1) is 11.3 Å². The molecule has 0 fully saturated rings. The first kappa shape index (κ1) is 17.9. The van der Waals surface area contributed by atoms with Gasteiger partial charge in [0.1, 0.15) is 17.3 Å². The van der Waals surface area contributed by atoms with E-state index in [9.17, 15) is 14.0 Å². The van der Waals surface area contributed by atoms with Crippen molar-refractivity contribution in [2.45, 2.75) is 20.5 Å². The van der Waals surface area contributed by atoms with Crippen LogP contribution in [0, 0.1) is 12.7 Å². The SMILES string of the molecule is CCOC(=O)c1sc2cccc(F)c2c1COC(=O)c1cnc(C)cn1. The number of aromatic nitrogens is 2. The van der Waals surface area contributed by atoms with E-state index in [-0.39, 0.29) is 34.7 Å². The molecule has 0 spiro atoms. The molecule has 6 nitrogen and oxygen atoms in total. The Balaban J connectivity index is 1.92. The fraction of sp³-hybridized carbons (Fsp3) is 0.222. The molecule has 0 saturated heterocycles. The van der Waals surface area contributed by atoms with Gasteiger partial charge in [0.2, 0.25) is 0 Å². The highest BCUT2D eigenvalue weighted by atomic mass is 32.1. The summed E-state index contributed by atoms with van der Waals surface area (Å²) in [6, 6.07) is 4.55. The van der Waals surface area contributed by atoms with Crippen molar-refractivity contribution in [2.75, 3.05) is 6.61 Å². The van der Waals surface area contributed by atoms with Crippen LogP contribution in [-0.4, -0.2) is 28.5 Å². The smallest absolute Gasteiger partial charge is 0.358 e. The Morgan fingerprint density at radius 2 is 1.96 bits per heavy atom. The third-order valence-electron chi connectivity index (χ3n) is 3.56. The lowest BCUT2D eigenvalue weighted by atomic mass is 10.1. The van der Waals surface area contributed by atoms with Gasteiger partial charge in [0.05, 0.1) is 18.5 Å². The van der Waals surface area contributed by atoms with E-state index >= 15 is 0 Å². The number of rotatable bonds is 5. The highest BCUT2D eigenvalue weighted by Crippen LogP contribution is 2.34. The minimum absolute atomic E-state index is 0.0355. The van der Waals surface area contributed by atoms with Crippen LogP contribution < -0.4 is 0 Å². The number of ether oxygens (including phenoxy) is 2. The molecule has 2 aromatic heterocycles. The molecule has 0 unspecified atom stereocenters. The predicted octanol–water partition coefficient (Wildman–Crippen LogP) is 3.67. The van der Waals surface area contributed by atoms with Crippen molar-refractivity contribution in [3.63, 3.8) is 0 Å². The molecule has 0 aliphatic rings. The summed E-state index contributed by atoms with van der Waals surface area (Å²) >= 11 is 1.10. The molecule has 2 heterocycles. The molecule has 8 heteroatoms. The maximum Gasteiger partial charge on any atom is 0.358 e. The highest BCUT2D eigenvalue weighted by molar-refractivity contribution is 7.21. The molecule has 0 bridgehead atoms. The zero-order valence-electron chi connectivity index (χ0n) is 14.1. The summed E-state index contributed by atoms with van der Waals surface area (Å²) in [6.07, 6.45) is 2.75. The highest BCUT2D eigenvalue weighted by Gasteiger charge is 2.23. The Kier molecular flexibility index (Phi) is 5.22. The Morgan fingerprint density at radius 1 is 1.15 bits per heavy atom. The number of halogens is 1. The molecule has 0 N–H and O–H groups in total. The Bertz CT molecular complexity index is 969. The number of carbonyl (C=O) groups is 2. The minimum Gasteiger partial charge on any atom is -0.462 e. The molecule has 3 rings (SSSR count). The maximum atomic E-state index is 14.3. The number of thiophene rings is 1. The molecule has 0 radical (unpaired) electrons. The second kappa shape index (κ2) is 7.57. The zero-order valence-corrected chi connectivity index (χ0v) is 14.9. The topological polar surface area (TPSA) is 78.4 Å². The fourth-order valence-electron chi connectivity index (χ4n) is 2.38. The van der Waals surface area contributed by atoms with Crippen LogP contribution in [0.2, 0.25) is 0 Å². The van der Waals surface area contributed by atoms with Crippen molar-refractivity contribution >= 4 is 33.4 Å². The van der Waals surface area contributed by atoms with E-state index in [1.165, 1.54) is 18.5 Å². The van der Waals surface area contributed by atoms with Gasteiger partial charge in [0.25, 0.3) is 0 Å². The lowest BCUT2D eigenvalue weighted by Crippen LogP contribution is -2.11.